The molecule has 8 nitrogen and oxygen atoms in total. The first-order valence-corrected chi connectivity index (χ1v) is 8.63. The molecule has 0 spiro atoms. The molecule has 1 fully saturated rings. The van der Waals surface area contributed by atoms with Crippen LogP contribution >= 0.6 is 0 Å². The number of aromatic nitrogens is 2. The van der Waals surface area contributed by atoms with E-state index >= 15 is 0 Å². The lowest BCUT2D eigenvalue weighted by Crippen LogP contribution is -2.47. The minimum absolute atomic E-state index is 0.00410. The Balaban J connectivity index is 1.67. The molecule has 1 N–H and O–H groups in total. The van der Waals surface area contributed by atoms with Crippen LogP contribution in [0, 0.1) is 6.92 Å². The molecule has 2 aromatic rings. The molecule has 138 valence electrons. The zero-order chi connectivity index (χ0) is 18.7. The number of hydrogen-bond donors (Lipinski definition) is 1. The van der Waals surface area contributed by atoms with E-state index in [1.165, 1.54) is 4.57 Å². The Morgan fingerprint density at radius 1 is 1.27 bits per heavy atom. The van der Waals surface area contributed by atoms with Gasteiger partial charge in [-0.1, -0.05) is 29.4 Å². The Kier molecular flexibility index (Phi) is 5.20. The number of nitrogens with one attached hydrogen (secondary N) is 1. The van der Waals surface area contributed by atoms with Gasteiger partial charge in [0.05, 0.1) is 0 Å². The Labute approximate surface area is 150 Å². The molecule has 8 heteroatoms. The van der Waals surface area contributed by atoms with Crippen molar-refractivity contribution in [2.24, 2.45) is 0 Å². The average Bonchev–Trinajstić information content (AvgIpc) is 2.96. The molecule has 1 aliphatic rings. The van der Waals surface area contributed by atoms with E-state index in [-0.39, 0.29) is 24.4 Å². The van der Waals surface area contributed by atoms with Crippen LogP contribution < -0.4 is 11.1 Å². The topological polar surface area (TPSA) is 97.4 Å². The molecule has 1 saturated heterocycles. The van der Waals surface area contributed by atoms with Gasteiger partial charge in [-0.2, -0.15) is 0 Å². The summed E-state index contributed by atoms with van der Waals surface area (Å²) in [4.78, 5) is 37.5. The highest BCUT2D eigenvalue weighted by Crippen LogP contribution is 2.20. The van der Waals surface area contributed by atoms with E-state index in [0.29, 0.717) is 31.8 Å². The van der Waals surface area contributed by atoms with Gasteiger partial charge in [-0.25, -0.2) is 9.36 Å². The summed E-state index contributed by atoms with van der Waals surface area (Å²) < 4.78 is 6.01. The molecule has 0 saturated carbocycles. The van der Waals surface area contributed by atoms with Gasteiger partial charge in [0.1, 0.15) is 6.54 Å². The molecule has 0 radical (unpaired) electrons. The van der Waals surface area contributed by atoms with Gasteiger partial charge >= 0.3 is 5.76 Å². The summed E-state index contributed by atoms with van der Waals surface area (Å²) in [6.07, 6.45) is 1.41. The predicted octanol–water partition coefficient (Wildman–Crippen LogP) is 0.939. The number of carbonyl (C=O) groups is 2. The highest BCUT2D eigenvalue weighted by atomic mass is 16.5. The van der Waals surface area contributed by atoms with Gasteiger partial charge in [0.15, 0.2) is 5.82 Å². The third-order valence-corrected chi connectivity index (χ3v) is 4.68. The Morgan fingerprint density at radius 2 is 1.96 bits per heavy atom. The van der Waals surface area contributed by atoms with Crippen LogP contribution in [0.1, 0.15) is 25.3 Å². The second-order valence-corrected chi connectivity index (χ2v) is 6.52. The minimum Gasteiger partial charge on any atom is -0.352 e. The molecule has 3 rings (SSSR count). The smallest absolute Gasteiger partial charge is 0.352 e. The third-order valence-electron chi connectivity index (χ3n) is 4.68. The SMILES string of the molecule is CC(=O)N1CCC(NC(=O)Cn2c(-c3ccccc3C)noc2=O)CC1. The molecular weight excluding hydrogens is 336 g/mol. The van der Waals surface area contributed by atoms with Crippen molar-refractivity contribution in [1.82, 2.24) is 19.9 Å². The van der Waals surface area contributed by atoms with E-state index in [4.69, 9.17) is 4.52 Å². The maximum absolute atomic E-state index is 12.4. The van der Waals surface area contributed by atoms with E-state index in [9.17, 15) is 14.4 Å². The number of carbonyl (C=O) groups excluding carboxylic acids is 2. The summed E-state index contributed by atoms with van der Waals surface area (Å²) in [5.41, 5.74) is 1.69. The van der Waals surface area contributed by atoms with Crippen molar-refractivity contribution in [3.63, 3.8) is 0 Å². The summed E-state index contributed by atoms with van der Waals surface area (Å²) in [5, 5.41) is 6.76. The van der Waals surface area contributed by atoms with Crippen molar-refractivity contribution in [2.45, 2.75) is 39.3 Å². The van der Waals surface area contributed by atoms with E-state index in [1.54, 1.807) is 11.8 Å². The maximum Gasteiger partial charge on any atom is 0.442 e. The Hall–Kier alpha value is -2.90. The second-order valence-electron chi connectivity index (χ2n) is 6.52. The molecular formula is C18H22N4O4. The predicted molar refractivity (Wildman–Crippen MR) is 94.4 cm³/mol. The monoisotopic (exact) mass is 358 g/mol. The van der Waals surface area contributed by atoms with Gasteiger partial charge in [0.2, 0.25) is 11.8 Å². The fraction of sp³-hybridized carbons (Fsp3) is 0.444. The second kappa shape index (κ2) is 7.55. The van der Waals surface area contributed by atoms with E-state index in [0.717, 1.165) is 11.1 Å². The normalized spacial score (nSPS) is 15.1. The molecule has 0 atom stereocenters. The minimum atomic E-state index is -0.662. The lowest BCUT2D eigenvalue weighted by atomic mass is 10.1. The molecule has 2 heterocycles. The Bertz CT molecular complexity index is 862. The van der Waals surface area contributed by atoms with Crippen molar-refractivity contribution in [3.05, 3.63) is 40.4 Å². The number of hydrogen-bond acceptors (Lipinski definition) is 5. The molecule has 26 heavy (non-hydrogen) atoms. The standard InChI is InChI=1S/C18H22N4O4/c1-12-5-3-4-6-15(12)17-20-26-18(25)22(17)11-16(24)19-14-7-9-21(10-8-14)13(2)23/h3-6,14H,7-11H2,1-2H3,(H,19,24). The van der Waals surface area contributed by atoms with Crippen molar-refractivity contribution in [1.29, 1.82) is 0 Å². The number of amides is 2. The van der Waals surface area contributed by atoms with E-state index < -0.39 is 5.76 Å². The van der Waals surface area contributed by atoms with Crippen LogP contribution in [0.5, 0.6) is 0 Å². The number of benzene rings is 1. The lowest BCUT2D eigenvalue weighted by molar-refractivity contribution is -0.130. The van der Waals surface area contributed by atoms with Gasteiger partial charge in [-0.3, -0.25) is 14.1 Å². The molecule has 2 amide bonds. The largest absolute Gasteiger partial charge is 0.442 e. The van der Waals surface area contributed by atoms with E-state index in [1.807, 2.05) is 31.2 Å². The van der Waals surface area contributed by atoms with Crippen LogP contribution in [0.25, 0.3) is 11.4 Å². The molecule has 0 aliphatic carbocycles. The summed E-state index contributed by atoms with van der Waals surface area (Å²) >= 11 is 0. The van der Waals surface area contributed by atoms with Crippen molar-refractivity contribution in [2.75, 3.05) is 13.1 Å². The van der Waals surface area contributed by atoms with E-state index in [2.05, 4.69) is 10.5 Å². The number of likely N-dealkylation sites (tertiary alicyclic amines) is 1. The molecule has 0 unspecified atom stereocenters. The number of piperidine rings is 1. The average molecular weight is 358 g/mol. The van der Waals surface area contributed by atoms with Crippen LogP contribution in [0.15, 0.2) is 33.6 Å². The fourth-order valence-corrected chi connectivity index (χ4v) is 3.18. The first kappa shape index (κ1) is 17.9. The number of nitrogens with zero attached hydrogens (tertiary/aromatic N) is 3. The number of rotatable bonds is 4. The number of aryl methyl sites for hydroxylation is 1. The van der Waals surface area contributed by atoms with Gasteiger partial charge in [0.25, 0.3) is 0 Å². The molecule has 1 aliphatic heterocycles. The van der Waals surface area contributed by atoms with Crippen LogP contribution in [0.2, 0.25) is 0 Å². The van der Waals surface area contributed by atoms with Gasteiger partial charge in [-0.05, 0) is 25.3 Å². The summed E-state index contributed by atoms with van der Waals surface area (Å²) in [6, 6.07) is 7.46. The highest BCUT2D eigenvalue weighted by Gasteiger charge is 2.23. The van der Waals surface area contributed by atoms with Gasteiger partial charge in [0, 0.05) is 31.6 Å². The van der Waals surface area contributed by atoms with Crippen molar-refractivity contribution < 1.29 is 14.1 Å². The zero-order valence-electron chi connectivity index (χ0n) is 14.9. The van der Waals surface area contributed by atoms with Crippen LogP contribution in [0.3, 0.4) is 0 Å². The zero-order valence-corrected chi connectivity index (χ0v) is 14.9. The fourth-order valence-electron chi connectivity index (χ4n) is 3.18. The van der Waals surface area contributed by atoms with Gasteiger partial charge < -0.3 is 10.2 Å². The summed E-state index contributed by atoms with van der Waals surface area (Å²) in [7, 11) is 0. The third kappa shape index (κ3) is 3.84. The summed E-state index contributed by atoms with van der Waals surface area (Å²) in [5.74, 6) is -0.542. The van der Waals surface area contributed by atoms with Crippen LogP contribution in [-0.4, -0.2) is 45.6 Å². The van der Waals surface area contributed by atoms with Crippen LogP contribution in [-0.2, 0) is 16.1 Å². The quantitative estimate of drug-likeness (QED) is 0.877. The van der Waals surface area contributed by atoms with Gasteiger partial charge in [-0.15, -0.1) is 0 Å². The molecule has 1 aromatic carbocycles. The highest BCUT2D eigenvalue weighted by molar-refractivity contribution is 5.77. The first-order chi connectivity index (χ1) is 12.5. The maximum atomic E-state index is 12.4. The van der Waals surface area contributed by atoms with Crippen molar-refractivity contribution >= 4 is 11.8 Å². The van der Waals surface area contributed by atoms with Crippen molar-refractivity contribution in [3.8, 4) is 11.4 Å². The lowest BCUT2D eigenvalue weighted by Gasteiger charge is -2.31. The molecule has 0 bridgehead atoms. The Morgan fingerprint density at radius 3 is 2.62 bits per heavy atom. The summed E-state index contributed by atoms with van der Waals surface area (Å²) in [6.45, 7) is 4.55. The molecule has 1 aromatic heterocycles. The first-order valence-electron chi connectivity index (χ1n) is 8.63. The van der Waals surface area contributed by atoms with Crippen LogP contribution in [0.4, 0.5) is 0 Å².